The van der Waals surface area contributed by atoms with Gasteiger partial charge < -0.3 is 0 Å². The highest BCUT2D eigenvalue weighted by molar-refractivity contribution is 6.48. The fourth-order valence-electron chi connectivity index (χ4n) is 2.31. The van der Waals surface area contributed by atoms with Gasteiger partial charge in [0.05, 0.1) is 0 Å². The summed E-state index contributed by atoms with van der Waals surface area (Å²) in [5, 5.41) is 0. The first-order valence-electron chi connectivity index (χ1n) is 5.24. The van der Waals surface area contributed by atoms with Crippen LogP contribution in [0.1, 0.15) is 11.1 Å². The molecule has 0 spiro atoms. The Hall–Kier alpha value is -0.980. The monoisotopic (exact) mass is 248 g/mol. The van der Waals surface area contributed by atoms with E-state index in [4.69, 9.17) is 23.2 Å². The normalized spacial score (nSPS) is 16.4. The number of alkyl halides is 2. The molecule has 0 amide bonds. The highest BCUT2D eigenvalue weighted by atomic mass is 35.5. The minimum Gasteiger partial charge on any atom is -0.0959 e. The molecule has 1 aliphatic carbocycles. The van der Waals surface area contributed by atoms with Crippen LogP contribution in [0.2, 0.25) is 0 Å². The maximum absolute atomic E-state index is 6.40. The van der Waals surface area contributed by atoms with Crippen LogP contribution in [0.3, 0.4) is 0 Å². The molecular formula is C14H10Cl2. The van der Waals surface area contributed by atoms with Crippen molar-refractivity contribution in [2.45, 2.75) is 10.8 Å². The third kappa shape index (κ3) is 1.45. The Morgan fingerprint density at radius 3 is 2.25 bits per heavy atom. The molecule has 1 aliphatic rings. The summed E-state index contributed by atoms with van der Waals surface area (Å²) in [4.78, 5) is 0. The lowest BCUT2D eigenvalue weighted by Gasteiger charge is -2.29. The number of halogens is 2. The summed E-state index contributed by atoms with van der Waals surface area (Å²) in [6.07, 6.45) is 0.670. The van der Waals surface area contributed by atoms with Crippen molar-refractivity contribution in [1.82, 2.24) is 0 Å². The lowest BCUT2D eigenvalue weighted by molar-refractivity contribution is 0.823. The third-order valence-electron chi connectivity index (χ3n) is 3.04. The molecule has 3 rings (SSSR count). The van der Waals surface area contributed by atoms with E-state index in [2.05, 4.69) is 18.2 Å². The van der Waals surface area contributed by atoms with Gasteiger partial charge in [0.1, 0.15) is 4.33 Å². The van der Waals surface area contributed by atoms with Crippen molar-refractivity contribution in [3.8, 4) is 11.1 Å². The lowest BCUT2D eigenvalue weighted by atomic mass is 9.85. The number of benzene rings is 2. The molecule has 0 fully saturated rings. The highest BCUT2D eigenvalue weighted by Crippen LogP contribution is 2.47. The van der Waals surface area contributed by atoms with Gasteiger partial charge in [0.2, 0.25) is 0 Å². The lowest BCUT2D eigenvalue weighted by Crippen LogP contribution is -2.20. The summed E-state index contributed by atoms with van der Waals surface area (Å²) in [6, 6.07) is 16.4. The topological polar surface area (TPSA) is 0 Å². The fourth-order valence-corrected chi connectivity index (χ4v) is 2.93. The summed E-state index contributed by atoms with van der Waals surface area (Å²) in [6.45, 7) is 0. The van der Waals surface area contributed by atoms with E-state index in [0.29, 0.717) is 6.42 Å². The molecular weight excluding hydrogens is 239 g/mol. The van der Waals surface area contributed by atoms with Crippen LogP contribution >= 0.6 is 23.2 Å². The Labute approximate surface area is 105 Å². The van der Waals surface area contributed by atoms with E-state index in [1.54, 1.807) is 0 Å². The largest absolute Gasteiger partial charge is 0.147 e. The molecule has 0 unspecified atom stereocenters. The molecule has 0 heterocycles. The average molecular weight is 249 g/mol. The second-order valence-electron chi connectivity index (χ2n) is 4.08. The van der Waals surface area contributed by atoms with E-state index in [0.717, 1.165) is 11.1 Å². The van der Waals surface area contributed by atoms with Gasteiger partial charge in [-0.2, -0.15) is 0 Å². The second-order valence-corrected chi connectivity index (χ2v) is 5.57. The number of hydrogen-bond acceptors (Lipinski definition) is 0. The van der Waals surface area contributed by atoms with Crippen molar-refractivity contribution >= 4 is 23.2 Å². The maximum Gasteiger partial charge on any atom is 0.147 e. The molecule has 16 heavy (non-hydrogen) atoms. The molecule has 0 bridgehead atoms. The first-order valence-corrected chi connectivity index (χ1v) is 6.00. The van der Waals surface area contributed by atoms with Gasteiger partial charge in [-0.25, -0.2) is 0 Å². The van der Waals surface area contributed by atoms with Crippen molar-refractivity contribution < 1.29 is 0 Å². The Bertz CT molecular complexity index is 544. The van der Waals surface area contributed by atoms with E-state index in [9.17, 15) is 0 Å². The zero-order valence-corrected chi connectivity index (χ0v) is 10.1. The smallest absolute Gasteiger partial charge is 0.0959 e. The van der Waals surface area contributed by atoms with Gasteiger partial charge in [0.25, 0.3) is 0 Å². The molecule has 2 aromatic rings. The molecule has 0 radical (unpaired) electrons. The third-order valence-corrected chi connectivity index (χ3v) is 3.72. The van der Waals surface area contributed by atoms with E-state index in [1.807, 2.05) is 30.3 Å². The van der Waals surface area contributed by atoms with Gasteiger partial charge in [-0.3, -0.25) is 0 Å². The quantitative estimate of drug-likeness (QED) is 0.601. The summed E-state index contributed by atoms with van der Waals surface area (Å²) in [5.74, 6) is 0. The predicted molar refractivity (Wildman–Crippen MR) is 69.0 cm³/mol. The zero-order chi connectivity index (χ0) is 11.2. The van der Waals surface area contributed by atoms with Crippen molar-refractivity contribution in [2.24, 2.45) is 0 Å². The Morgan fingerprint density at radius 2 is 1.44 bits per heavy atom. The maximum atomic E-state index is 6.40. The van der Waals surface area contributed by atoms with Crippen molar-refractivity contribution in [2.75, 3.05) is 0 Å². The van der Waals surface area contributed by atoms with Crippen LogP contribution in [-0.2, 0) is 10.8 Å². The molecule has 0 nitrogen and oxygen atoms in total. The Balaban J connectivity index is 2.33. The summed E-state index contributed by atoms with van der Waals surface area (Å²) < 4.78 is -0.801. The molecule has 0 aromatic heterocycles. The molecule has 2 heteroatoms. The van der Waals surface area contributed by atoms with Crippen molar-refractivity contribution in [1.29, 1.82) is 0 Å². The number of hydrogen-bond donors (Lipinski definition) is 0. The van der Waals surface area contributed by atoms with E-state index >= 15 is 0 Å². The highest BCUT2D eigenvalue weighted by Gasteiger charge is 2.34. The van der Waals surface area contributed by atoms with Crippen molar-refractivity contribution in [3.05, 3.63) is 59.7 Å². The minimum atomic E-state index is -0.801. The van der Waals surface area contributed by atoms with Crippen LogP contribution in [0.5, 0.6) is 0 Å². The van der Waals surface area contributed by atoms with Crippen LogP contribution in [0.25, 0.3) is 11.1 Å². The number of fused-ring (bicyclic) bond motifs is 3. The average Bonchev–Trinajstić information content (AvgIpc) is 2.29. The van der Waals surface area contributed by atoms with E-state index in [1.165, 1.54) is 11.1 Å². The predicted octanol–water partition coefficient (Wildman–Crippen LogP) is 4.54. The molecule has 2 aromatic carbocycles. The van der Waals surface area contributed by atoms with Crippen LogP contribution < -0.4 is 0 Å². The van der Waals surface area contributed by atoms with Gasteiger partial charge in [-0.15, -0.1) is 0 Å². The molecule has 0 saturated carbocycles. The van der Waals surface area contributed by atoms with Crippen LogP contribution in [0.4, 0.5) is 0 Å². The van der Waals surface area contributed by atoms with Crippen molar-refractivity contribution in [3.63, 3.8) is 0 Å². The second kappa shape index (κ2) is 3.51. The van der Waals surface area contributed by atoms with Crippen LogP contribution in [0.15, 0.2) is 48.5 Å². The van der Waals surface area contributed by atoms with Gasteiger partial charge in [-0.05, 0) is 22.3 Å². The molecule has 80 valence electrons. The first-order chi connectivity index (χ1) is 7.68. The van der Waals surface area contributed by atoms with Gasteiger partial charge >= 0.3 is 0 Å². The number of rotatable bonds is 0. The van der Waals surface area contributed by atoms with Crippen LogP contribution in [-0.4, -0.2) is 0 Å². The summed E-state index contributed by atoms with van der Waals surface area (Å²) in [5.41, 5.74) is 4.62. The molecule has 0 atom stereocenters. The van der Waals surface area contributed by atoms with Gasteiger partial charge in [0, 0.05) is 6.42 Å². The molecule has 0 saturated heterocycles. The zero-order valence-electron chi connectivity index (χ0n) is 8.58. The summed E-state index contributed by atoms with van der Waals surface area (Å²) in [7, 11) is 0. The van der Waals surface area contributed by atoms with Gasteiger partial charge in [0.15, 0.2) is 0 Å². The van der Waals surface area contributed by atoms with Crippen LogP contribution in [0, 0.1) is 0 Å². The fraction of sp³-hybridized carbons (Fsp3) is 0.143. The molecule has 0 N–H and O–H groups in total. The van der Waals surface area contributed by atoms with E-state index in [-0.39, 0.29) is 0 Å². The Morgan fingerprint density at radius 1 is 0.812 bits per heavy atom. The van der Waals surface area contributed by atoms with Gasteiger partial charge in [-0.1, -0.05) is 71.7 Å². The van der Waals surface area contributed by atoms with E-state index < -0.39 is 4.33 Å². The Kier molecular flexibility index (Phi) is 2.24. The first kappa shape index (κ1) is 10.2. The molecule has 0 aliphatic heterocycles. The minimum absolute atomic E-state index is 0.670. The SMILES string of the molecule is ClC1(Cl)Cc2ccccc2-c2ccccc21. The summed E-state index contributed by atoms with van der Waals surface area (Å²) >= 11 is 12.8. The standard InChI is InChI=1S/C14H10Cl2/c15-14(16)9-10-5-1-2-6-11(10)12-7-3-4-8-13(12)14/h1-8H,9H2.